The summed E-state index contributed by atoms with van der Waals surface area (Å²) in [7, 11) is -6.77. The van der Waals surface area contributed by atoms with Gasteiger partial charge in [-0.15, -0.1) is 0 Å². The highest BCUT2D eigenvalue weighted by Gasteiger charge is 2.47. The standard InChI is InChI=1S/C25H40N4O5S2/c1-24(2)11-12-25(20-29(24)35(3,31)32)13-17-27(18-14-25)19-23(30)26-21-7-9-22(10-8-21)36(33,34)28-15-5-4-6-16-28/h7-10H,4-6,11-20H2,1-3H3,(H,26,30). The fourth-order valence-electron chi connectivity index (χ4n) is 5.82. The number of nitrogens with one attached hydrogen (secondary N) is 1. The lowest BCUT2D eigenvalue weighted by atomic mass is 9.69. The van der Waals surface area contributed by atoms with E-state index in [4.69, 9.17) is 0 Å². The smallest absolute Gasteiger partial charge is 0.243 e. The maximum absolute atomic E-state index is 12.8. The fourth-order valence-corrected chi connectivity index (χ4v) is 8.84. The Bertz CT molecular complexity index is 1150. The Morgan fingerprint density at radius 1 is 0.889 bits per heavy atom. The molecule has 1 amide bonds. The SMILES string of the molecule is CC1(C)CCC2(CCN(CC(=O)Nc3ccc(S(=O)(=O)N4CCCCC4)cc3)CC2)CN1S(C)(=O)=O. The van der Waals surface area contributed by atoms with Crippen LogP contribution in [0.2, 0.25) is 0 Å². The van der Waals surface area contributed by atoms with Crippen molar-refractivity contribution in [2.75, 3.05) is 50.8 Å². The van der Waals surface area contributed by atoms with Gasteiger partial charge in [0.25, 0.3) is 0 Å². The first kappa shape index (κ1) is 27.5. The zero-order chi connectivity index (χ0) is 26.2. The van der Waals surface area contributed by atoms with E-state index >= 15 is 0 Å². The van der Waals surface area contributed by atoms with Gasteiger partial charge in [-0.25, -0.2) is 16.8 Å². The molecule has 3 aliphatic heterocycles. The average Bonchev–Trinajstić information content (AvgIpc) is 2.82. The van der Waals surface area contributed by atoms with Gasteiger partial charge in [-0.1, -0.05) is 6.42 Å². The van der Waals surface area contributed by atoms with Crippen LogP contribution < -0.4 is 5.32 Å². The van der Waals surface area contributed by atoms with Gasteiger partial charge >= 0.3 is 0 Å². The summed E-state index contributed by atoms with van der Waals surface area (Å²) in [5, 5.41) is 2.88. The summed E-state index contributed by atoms with van der Waals surface area (Å²) >= 11 is 0. The zero-order valence-electron chi connectivity index (χ0n) is 21.7. The molecule has 0 radical (unpaired) electrons. The molecule has 4 rings (SSSR count). The number of benzene rings is 1. The van der Waals surface area contributed by atoms with E-state index in [1.54, 1.807) is 28.6 Å². The molecule has 0 saturated carbocycles. The molecule has 1 aromatic carbocycles. The van der Waals surface area contributed by atoms with Crippen molar-refractivity contribution in [1.29, 1.82) is 0 Å². The molecule has 9 nitrogen and oxygen atoms in total. The largest absolute Gasteiger partial charge is 0.325 e. The Hall–Kier alpha value is -1.53. The third-order valence-corrected chi connectivity index (χ3v) is 11.5. The highest BCUT2D eigenvalue weighted by atomic mass is 32.2. The second-order valence-electron chi connectivity index (χ2n) is 11.4. The molecule has 1 N–H and O–H groups in total. The van der Waals surface area contributed by atoms with Crippen molar-refractivity contribution < 1.29 is 21.6 Å². The first-order chi connectivity index (χ1) is 16.8. The van der Waals surface area contributed by atoms with Gasteiger partial charge in [0.05, 0.1) is 17.7 Å². The van der Waals surface area contributed by atoms with Crippen LogP contribution in [-0.4, -0.2) is 87.3 Å². The number of carbonyl (C=O) groups excluding carboxylic acids is 1. The lowest BCUT2D eigenvalue weighted by molar-refractivity contribution is -0.118. The summed E-state index contributed by atoms with van der Waals surface area (Å²) in [6.07, 6.45) is 7.70. The van der Waals surface area contributed by atoms with Crippen LogP contribution in [0.15, 0.2) is 29.2 Å². The molecule has 3 aliphatic rings. The number of anilines is 1. The molecule has 3 saturated heterocycles. The van der Waals surface area contributed by atoms with Crippen molar-refractivity contribution in [2.45, 2.75) is 69.2 Å². The van der Waals surface area contributed by atoms with Crippen LogP contribution >= 0.6 is 0 Å². The van der Waals surface area contributed by atoms with Gasteiger partial charge in [0.2, 0.25) is 26.0 Å². The number of sulfonamides is 2. The van der Waals surface area contributed by atoms with E-state index in [1.807, 2.05) is 13.8 Å². The molecular formula is C25H40N4O5S2. The van der Waals surface area contributed by atoms with Crippen molar-refractivity contribution in [3.8, 4) is 0 Å². The van der Waals surface area contributed by atoms with Crippen molar-refractivity contribution in [3.05, 3.63) is 24.3 Å². The molecular weight excluding hydrogens is 500 g/mol. The quantitative estimate of drug-likeness (QED) is 0.595. The van der Waals surface area contributed by atoms with E-state index < -0.39 is 20.0 Å². The second-order valence-corrected chi connectivity index (χ2v) is 15.2. The summed E-state index contributed by atoms with van der Waals surface area (Å²) in [6, 6.07) is 6.40. The number of nitrogens with zero attached hydrogens (tertiary/aromatic N) is 3. The number of piperidine rings is 3. The minimum absolute atomic E-state index is 0.0265. The Kier molecular flexibility index (Phi) is 7.89. The lowest BCUT2D eigenvalue weighted by Gasteiger charge is -2.52. The molecule has 0 aromatic heterocycles. The van der Waals surface area contributed by atoms with Crippen molar-refractivity contribution >= 4 is 31.6 Å². The highest BCUT2D eigenvalue weighted by molar-refractivity contribution is 7.89. The Labute approximate surface area is 216 Å². The summed E-state index contributed by atoms with van der Waals surface area (Å²) in [6.45, 7) is 7.41. The Balaban J connectivity index is 1.29. The summed E-state index contributed by atoms with van der Waals surface area (Å²) in [4.78, 5) is 15.0. The summed E-state index contributed by atoms with van der Waals surface area (Å²) in [5.41, 5.74) is 0.184. The second kappa shape index (κ2) is 10.3. The molecule has 3 fully saturated rings. The molecule has 1 spiro atoms. The third kappa shape index (κ3) is 6.12. The molecule has 3 heterocycles. The van der Waals surface area contributed by atoms with E-state index in [0.29, 0.717) is 25.3 Å². The minimum atomic E-state index is -3.49. The number of carbonyl (C=O) groups is 1. The predicted octanol–water partition coefficient (Wildman–Crippen LogP) is 2.72. The molecule has 0 atom stereocenters. The van der Waals surface area contributed by atoms with Gasteiger partial charge in [-0.2, -0.15) is 8.61 Å². The van der Waals surface area contributed by atoms with E-state index in [2.05, 4.69) is 10.2 Å². The summed E-state index contributed by atoms with van der Waals surface area (Å²) < 4.78 is 53.6. The van der Waals surface area contributed by atoms with Crippen LogP contribution in [0.4, 0.5) is 5.69 Å². The van der Waals surface area contributed by atoms with Gasteiger partial charge < -0.3 is 5.32 Å². The zero-order valence-corrected chi connectivity index (χ0v) is 23.3. The van der Waals surface area contributed by atoms with Gasteiger partial charge in [-0.3, -0.25) is 9.69 Å². The third-order valence-electron chi connectivity index (χ3n) is 8.20. The first-order valence-electron chi connectivity index (χ1n) is 12.9. The molecule has 0 aliphatic carbocycles. The van der Waals surface area contributed by atoms with Crippen LogP contribution in [0.5, 0.6) is 0 Å². The van der Waals surface area contributed by atoms with Gasteiger partial charge in [0.15, 0.2) is 0 Å². The van der Waals surface area contributed by atoms with Crippen molar-refractivity contribution in [1.82, 2.24) is 13.5 Å². The van der Waals surface area contributed by atoms with Crippen LogP contribution in [0.1, 0.15) is 58.8 Å². The number of hydrogen-bond donors (Lipinski definition) is 1. The topological polar surface area (TPSA) is 107 Å². The average molecular weight is 541 g/mol. The van der Waals surface area contributed by atoms with E-state index in [9.17, 15) is 21.6 Å². The number of amides is 1. The maximum atomic E-state index is 12.8. The Morgan fingerprint density at radius 2 is 1.50 bits per heavy atom. The van der Waals surface area contributed by atoms with Crippen molar-refractivity contribution in [2.24, 2.45) is 5.41 Å². The van der Waals surface area contributed by atoms with Gasteiger partial charge in [-0.05, 0) is 95.1 Å². The molecule has 1 aromatic rings. The number of hydrogen-bond acceptors (Lipinski definition) is 6. The van der Waals surface area contributed by atoms with Crippen LogP contribution in [0.25, 0.3) is 0 Å². The lowest BCUT2D eigenvalue weighted by Crippen LogP contribution is -2.58. The van der Waals surface area contributed by atoms with Crippen LogP contribution in [-0.2, 0) is 24.8 Å². The first-order valence-corrected chi connectivity index (χ1v) is 16.2. The normalized spacial score (nSPS) is 24.0. The van der Waals surface area contributed by atoms with Crippen LogP contribution in [0, 0.1) is 5.41 Å². The Morgan fingerprint density at radius 3 is 2.08 bits per heavy atom. The number of likely N-dealkylation sites (tertiary alicyclic amines) is 1. The number of rotatable bonds is 6. The van der Waals surface area contributed by atoms with Gasteiger partial charge in [0.1, 0.15) is 0 Å². The predicted molar refractivity (Wildman–Crippen MR) is 141 cm³/mol. The minimum Gasteiger partial charge on any atom is -0.325 e. The molecule has 0 unspecified atom stereocenters. The molecule has 0 bridgehead atoms. The van der Waals surface area contributed by atoms with E-state index in [0.717, 1.165) is 58.0 Å². The highest BCUT2D eigenvalue weighted by Crippen LogP contribution is 2.45. The fraction of sp³-hybridized carbons (Fsp3) is 0.720. The molecule has 202 valence electrons. The summed E-state index contributed by atoms with van der Waals surface area (Å²) in [5.74, 6) is -0.139. The monoisotopic (exact) mass is 540 g/mol. The van der Waals surface area contributed by atoms with Gasteiger partial charge in [0, 0.05) is 30.9 Å². The van der Waals surface area contributed by atoms with Crippen molar-refractivity contribution in [3.63, 3.8) is 0 Å². The molecule has 36 heavy (non-hydrogen) atoms. The van der Waals surface area contributed by atoms with Crippen LogP contribution in [0.3, 0.4) is 0 Å². The van der Waals surface area contributed by atoms with E-state index in [-0.39, 0.29) is 28.3 Å². The van der Waals surface area contributed by atoms with E-state index in [1.165, 1.54) is 10.6 Å². The maximum Gasteiger partial charge on any atom is 0.243 e. The molecule has 11 heteroatoms.